The van der Waals surface area contributed by atoms with Crippen LogP contribution in [0.2, 0.25) is 0 Å². The lowest BCUT2D eigenvalue weighted by Crippen LogP contribution is -2.40. The van der Waals surface area contributed by atoms with Gasteiger partial charge in [-0.25, -0.2) is 0 Å². The van der Waals surface area contributed by atoms with Crippen LogP contribution in [0.5, 0.6) is 0 Å². The Bertz CT molecular complexity index is 361. The average molecular weight is 266 g/mol. The van der Waals surface area contributed by atoms with Crippen LogP contribution in [0.3, 0.4) is 0 Å². The predicted octanol–water partition coefficient (Wildman–Crippen LogP) is 3.71. The Balaban J connectivity index is 2.18. The molecule has 2 unspecified atom stereocenters. The summed E-state index contributed by atoms with van der Waals surface area (Å²) >= 11 is 1.91. The molecule has 0 saturated carbocycles. The Hall–Kier alpha value is -0.380. The van der Waals surface area contributed by atoms with E-state index in [1.807, 2.05) is 11.3 Å². The number of hydrogen-bond donors (Lipinski definition) is 1. The highest BCUT2D eigenvalue weighted by atomic mass is 32.1. The lowest BCUT2D eigenvalue weighted by molar-refractivity contribution is 0.138. The highest BCUT2D eigenvalue weighted by Gasteiger charge is 2.27. The van der Waals surface area contributed by atoms with Gasteiger partial charge in [-0.3, -0.25) is 4.90 Å². The molecule has 0 spiro atoms. The van der Waals surface area contributed by atoms with E-state index in [0.717, 1.165) is 12.6 Å². The van der Waals surface area contributed by atoms with Crippen molar-refractivity contribution in [1.82, 2.24) is 4.90 Å². The van der Waals surface area contributed by atoms with E-state index in [4.69, 9.17) is 5.73 Å². The Morgan fingerprint density at radius 1 is 1.39 bits per heavy atom. The second-order valence-electron chi connectivity index (χ2n) is 5.35. The fourth-order valence-electron chi connectivity index (χ4n) is 3.10. The lowest BCUT2D eigenvalue weighted by atomic mass is 10.0. The van der Waals surface area contributed by atoms with Crippen LogP contribution >= 0.6 is 11.3 Å². The number of aryl methyl sites for hydroxylation is 1. The molecule has 0 aromatic carbocycles. The first-order chi connectivity index (χ1) is 8.76. The molecule has 1 saturated heterocycles. The van der Waals surface area contributed by atoms with Gasteiger partial charge in [-0.15, -0.1) is 11.3 Å². The van der Waals surface area contributed by atoms with Crippen molar-refractivity contribution in [2.24, 2.45) is 5.73 Å². The first-order valence-electron chi connectivity index (χ1n) is 7.28. The van der Waals surface area contributed by atoms with Crippen molar-refractivity contribution in [3.05, 3.63) is 21.9 Å². The summed E-state index contributed by atoms with van der Waals surface area (Å²) in [4.78, 5) is 5.53. The Morgan fingerprint density at radius 3 is 2.83 bits per heavy atom. The van der Waals surface area contributed by atoms with Crippen LogP contribution < -0.4 is 5.73 Å². The van der Waals surface area contributed by atoms with Crippen molar-refractivity contribution in [2.45, 2.75) is 58.0 Å². The summed E-state index contributed by atoms with van der Waals surface area (Å²) in [6.07, 6.45) is 6.69. The topological polar surface area (TPSA) is 29.3 Å². The highest BCUT2D eigenvalue weighted by Crippen LogP contribution is 2.32. The van der Waals surface area contributed by atoms with Gasteiger partial charge in [-0.1, -0.05) is 19.8 Å². The number of thiophene rings is 1. The number of nitrogens with two attached hydrogens (primary N) is 1. The zero-order valence-corrected chi connectivity index (χ0v) is 12.5. The van der Waals surface area contributed by atoms with Crippen LogP contribution in [-0.2, 0) is 0 Å². The zero-order valence-electron chi connectivity index (χ0n) is 11.7. The van der Waals surface area contributed by atoms with E-state index in [1.54, 1.807) is 0 Å². The molecule has 102 valence electrons. The largest absolute Gasteiger partial charge is 0.329 e. The van der Waals surface area contributed by atoms with Crippen molar-refractivity contribution in [3.63, 3.8) is 0 Å². The van der Waals surface area contributed by atoms with Gasteiger partial charge in [0.1, 0.15) is 0 Å². The molecule has 2 heterocycles. The van der Waals surface area contributed by atoms with E-state index in [0.29, 0.717) is 6.04 Å². The van der Waals surface area contributed by atoms with Gasteiger partial charge in [0.05, 0.1) is 6.04 Å². The van der Waals surface area contributed by atoms with Gasteiger partial charge in [-0.2, -0.15) is 0 Å². The van der Waals surface area contributed by atoms with Crippen molar-refractivity contribution in [3.8, 4) is 0 Å². The van der Waals surface area contributed by atoms with Crippen LogP contribution in [0.25, 0.3) is 0 Å². The summed E-state index contributed by atoms with van der Waals surface area (Å²) in [6.45, 7) is 6.46. The highest BCUT2D eigenvalue weighted by molar-refractivity contribution is 7.12. The van der Waals surface area contributed by atoms with Crippen LogP contribution in [0.15, 0.2) is 12.1 Å². The second-order valence-corrected chi connectivity index (χ2v) is 6.67. The van der Waals surface area contributed by atoms with Gasteiger partial charge in [-0.05, 0) is 44.9 Å². The molecule has 1 aromatic heterocycles. The Labute approximate surface area is 115 Å². The predicted molar refractivity (Wildman–Crippen MR) is 80.1 cm³/mol. The monoisotopic (exact) mass is 266 g/mol. The SMILES string of the molecule is CCC1CCCCCN1C(CN)c1ccc(C)s1. The maximum absolute atomic E-state index is 6.08. The van der Waals surface area contributed by atoms with E-state index in [1.165, 1.54) is 48.4 Å². The molecule has 0 aliphatic carbocycles. The lowest BCUT2D eigenvalue weighted by Gasteiger charge is -2.35. The molecule has 0 bridgehead atoms. The smallest absolute Gasteiger partial charge is 0.0566 e. The maximum atomic E-state index is 6.08. The summed E-state index contributed by atoms with van der Waals surface area (Å²) in [7, 11) is 0. The minimum Gasteiger partial charge on any atom is -0.329 e. The van der Waals surface area contributed by atoms with E-state index in [2.05, 4.69) is 30.9 Å². The summed E-state index contributed by atoms with van der Waals surface area (Å²) in [5, 5.41) is 0. The fourth-order valence-corrected chi connectivity index (χ4v) is 4.11. The molecule has 18 heavy (non-hydrogen) atoms. The molecular formula is C15H26N2S. The summed E-state index contributed by atoms with van der Waals surface area (Å²) < 4.78 is 0. The molecule has 3 heteroatoms. The molecule has 1 fully saturated rings. The summed E-state index contributed by atoms with van der Waals surface area (Å²) in [5.74, 6) is 0. The van der Waals surface area contributed by atoms with E-state index < -0.39 is 0 Å². The van der Waals surface area contributed by atoms with E-state index in [-0.39, 0.29) is 0 Å². The molecule has 1 aromatic rings. The van der Waals surface area contributed by atoms with Gasteiger partial charge < -0.3 is 5.73 Å². The molecule has 2 N–H and O–H groups in total. The number of hydrogen-bond acceptors (Lipinski definition) is 3. The Morgan fingerprint density at radius 2 is 2.22 bits per heavy atom. The van der Waals surface area contributed by atoms with E-state index in [9.17, 15) is 0 Å². The first kappa shape index (κ1) is 14.0. The standard InChI is InChI=1S/C15H26N2S/c1-3-13-7-5-4-6-10-17(13)14(11-16)15-9-8-12(2)18-15/h8-9,13-14H,3-7,10-11,16H2,1-2H3. The van der Waals surface area contributed by atoms with Gasteiger partial charge >= 0.3 is 0 Å². The normalized spacial score (nSPS) is 23.8. The summed E-state index contributed by atoms with van der Waals surface area (Å²) in [6, 6.07) is 5.66. The van der Waals surface area contributed by atoms with Crippen LogP contribution in [0, 0.1) is 6.92 Å². The van der Waals surface area contributed by atoms with E-state index >= 15 is 0 Å². The Kier molecular flexibility index (Phi) is 5.22. The fraction of sp³-hybridized carbons (Fsp3) is 0.733. The minimum absolute atomic E-state index is 0.437. The molecule has 2 nitrogen and oxygen atoms in total. The molecule has 0 radical (unpaired) electrons. The maximum Gasteiger partial charge on any atom is 0.0566 e. The number of rotatable bonds is 4. The third-order valence-electron chi connectivity index (χ3n) is 4.11. The van der Waals surface area contributed by atoms with Gasteiger partial charge in [0.15, 0.2) is 0 Å². The number of likely N-dealkylation sites (tertiary alicyclic amines) is 1. The van der Waals surface area contributed by atoms with Gasteiger partial charge in [0, 0.05) is 22.3 Å². The van der Waals surface area contributed by atoms with Crippen molar-refractivity contribution in [2.75, 3.05) is 13.1 Å². The quantitative estimate of drug-likeness (QED) is 0.900. The molecule has 2 rings (SSSR count). The summed E-state index contributed by atoms with van der Waals surface area (Å²) in [5.41, 5.74) is 6.08. The van der Waals surface area contributed by atoms with Crippen molar-refractivity contribution < 1.29 is 0 Å². The third kappa shape index (κ3) is 3.14. The minimum atomic E-state index is 0.437. The average Bonchev–Trinajstić information content (AvgIpc) is 2.66. The first-order valence-corrected chi connectivity index (χ1v) is 8.10. The van der Waals surface area contributed by atoms with Gasteiger partial charge in [0.25, 0.3) is 0 Å². The number of nitrogens with zero attached hydrogens (tertiary/aromatic N) is 1. The van der Waals surface area contributed by atoms with Crippen molar-refractivity contribution >= 4 is 11.3 Å². The second kappa shape index (κ2) is 6.69. The third-order valence-corrected chi connectivity index (χ3v) is 5.21. The molecule has 1 aliphatic rings. The van der Waals surface area contributed by atoms with Crippen molar-refractivity contribution in [1.29, 1.82) is 0 Å². The van der Waals surface area contributed by atoms with Crippen LogP contribution in [0.4, 0.5) is 0 Å². The van der Waals surface area contributed by atoms with Crippen LogP contribution in [-0.4, -0.2) is 24.0 Å². The zero-order chi connectivity index (χ0) is 13.0. The molecule has 0 amide bonds. The molecule has 2 atom stereocenters. The molecular weight excluding hydrogens is 240 g/mol. The van der Waals surface area contributed by atoms with Crippen LogP contribution in [0.1, 0.15) is 54.8 Å². The van der Waals surface area contributed by atoms with Gasteiger partial charge in [0.2, 0.25) is 0 Å². The molecule has 1 aliphatic heterocycles.